The topological polar surface area (TPSA) is 76.2 Å². The number of nitrogens with zero attached hydrogens (tertiary/aromatic N) is 2. The van der Waals surface area contributed by atoms with E-state index in [9.17, 15) is 9.90 Å². The lowest BCUT2D eigenvalue weighted by Crippen LogP contribution is -2.17. The van der Waals surface area contributed by atoms with Gasteiger partial charge in [0.25, 0.3) is 0 Å². The van der Waals surface area contributed by atoms with Crippen LogP contribution in [0, 0.1) is 11.8 Å². The van der Waals surface area contributed by atoms with Crippen LogP contribution in [-0.4, -0.2) is 21.2 Å². The molecule has 1 aromatic heterocycles. The second-order valence-corrected chi connectivity index (χ2v) is 5.45. The first-order valence-corrected chi connectivity index (χ1v) is 7.20. The molecule has 0 radical (unpaired) electrons. The Morgan fingerprint density at radius 2 is 2.21 bits per heavy atom. The lowest BCUT2D eigenvalue weighted by atomic mass is 9.96. The van der Waals surface area contributed by atoms with Crippen LogP contribution in [0.1, 0.15) is 63.6 Å². The van der Waals surface area contributed by atoms with E-state index in [0.29, 0.717) is 17.6 Å². The predicted molar refractivity (Wildman–Crippen MR) is 69.8 cm³/mol. The van der Waals surface area contributed by atoms with Crippen molar-refractivity contribution in [1.29, 1.82) is 0 Å². The van der Waals surface area contributed by atoms with Crippen LogP contribution in [0.5, 0.6) is 0 Å². The van der Waals surface area contributed by atoms with Crippen molar-refractivity contribution in [2.75, 3.05) is 0 Å². The molecule has 0 saturated heterocycles. The summed E-state index contributed by atoms with van der Waals surface area (Å²) in [7, 11) is 0. The molecular formula is C14H22N2O3. The zero-order valence-electron chi connectivity index (χ0n) is 11.6. The van der Waals surface area contributed by atoms with Crippen LogP contribution >= 0.6 is 0 Å². The minimum Gasteiger partial charge on any atom is -0.481 e. The highest BCUT2D eigenvalue weighted by Gasteiger charge is 2.41. The van der Waals surface area contributed by atoms with Gasteiger partial charge in [-0.25, -0.2) is 0 Å². The highest BCUT2D eigenvalue weighted by atomic mass is 16.5. The average molecular weight is 266 g/mol. The molecule has 106 valence electrons. The number of aryl methyl sites for hydroxylation is 1. The number of carboxylic acids is 1. The van der Waals surface area contributed by atoms with Gasteiger partial charge in [0.2, 0.25) is 5.89 Å². The summed E-state index contributed by atoms with van der Waals surface area (Å²) in [6, 6.07) is 0. The van der Waals surface area contributed by atoms with Gasteiger partial charge >= 0.3 is 5.97 Å². The fraction of sp³-hybridized carbons (Fsp3) is 0.786. The lowest BCUT2D eigenvalue weighted by Gasteiger charge is -2.09. The Morgan fingerprint density at radius 1 is 1.42 bits per heavy atom. The number of rotatable bonds is 6. The van der Waals surface area contributed by atoms with E-state index >= 15 is 0 Å². The zero-order valence-corrected chi connectivity index (χ0v) is 11.6. The molecule has 1 fully saturated rings. The third-order valence-electron chi connectivity index (χ3n) is 4.11. The van der Waals surface area contributed by atoms with Crippen molar-refractivity contribution in [1.82, 2.24) is 10.1 Å². The molecule has 5 heteroatoms. The molecule has 1 aliphatic carbocycles. The van der Waals surface area contributed by atoms with Gasteiger partial charge in [0, 0.05) is 6.42 Å². The first-order chi connectivity index (χ1) is 9.15. The van der Waals surface area contributed by atoms with E-state index < -0.39 is 5.97 Å². The third kappa shape index (κ3) is 3.14. The Morgan fingerprint density at radius 3 is 2.84 bits per heavy atom. The molecule has 1 aliphatic rings. The van der Waals surface area contributed by atoms with E-state index in [1.54, 1.807) is 0 Å². The van der Waals surface area contributed by atoms with E-state index in [-0.39, 0.29) is 11.8 Å². The molecule has 0 bridgehead atoms. The Kier molecular flexibility index (Phi) is 4.56. The Hall–Kier alpha value is -1.39. The van der Waals surface area contributed by atoms with Gasteiger partial charge in [-0.3, -0.25) is 4.79 Å². The summed E-state index contributed by atoms with van der Waals surface area (Å²) in [4.78, 5) is 15.7. The number of carbonyl (C=O) groups is 1. The molecule has 5 nitrogen and oxygen atoms in total. The van der Waals surface area contributed by atoms with Crippen LogP contribution in [0.2, 0.25) is 0 Å². The van der Waals surface area contributed by atoms with Crippen molar-refractivity contribution in [3.63, 3.8) is 0 Å². The number of aromatic nitrogens is 2. The maximum absolute atomic E-state index is 11.3. The summed E-state index contributed by atoms with van der Waals surface area (Å²) in [5.41, 5.74) is 0. The smallest absolute Gasteiger partial charge is 0.307 e. The van der Waals surface area contributed by atoms with Crippen molar-refractivity contribution in [2.24, 2.45) is 11.8 Å². The third-order valence-corrected chi connectivity index (χ3v) is 4.11. The molecule has 0 aliphatic heterocycles. The number of hydrogen-bond donors (Lipinski definition) is 1. The summed E-state index contributed by atoms with van der Waals surface area (Å²) >= 11 is 0. The molecule has 19 heavy (non-hydrogen) atoms. The van der Waals surface area contributed by atoms with Gasteiger partial charge in [0.05, 0.1) is 11.8 Å². The maximum Gasteiger partial charge on any atom is 0.307 e. The quantitative estimate of drug-likeness (QED) is 0.856. The van der Waals surface area contributed by atoms with Crippen LogP contribution in [0.4, 0.5) is 0 Å². The van der Waals surface area contributed by atoms with Crippen molar-refractivity contribution in [3.05, 3.63) is 11.7 Å². The summed E-state index contributed by atoms with van der Waals surface area (Å²) in [5.74, 6) is 0.469. The monoisotopic (exact) mass is 266 g/mol. The second kappa shape index (κ2) is 6.17. The Balaban J connectivity index is 2.10. The van der Waals surface area contributed by atoms with Crippen molar-refractivity contribution in [2.45, 2.75) is 58.3 Å². The molecular weight excluding hydrogens is 244 g/mol. The van der Waals surface area contributed by atoms with Crippen LogP contribution in [-0.2, 0) is 11.2 Å². The van der Waals surface area contributed by atoms with E-state index in [1.807, 2.05) is 0 Å². The fourth-order valence-corrected chi connectivity index (χ4v) is 2.88. The van der Waals surface area contributed by atoms with Gasteiger partial charge in [0.1, 0.15) is 0 Å². The molecule has 3 atom stereocenters. The van der Waals surface area contributed by atoms with Gasteiger partial charge in [-0.15, -0.1) is 0 Å². The van der Waals surface area contributed by atoms with Gasteiger partial charge in [-0.1, -0.05) is 31.8 Å². The highest BCUT2D eigenvalue weighted by Crippen LogP contribution is 2.43. The summed E-state index contributed by atoms with van der Waals surface area (Å²) < 4.78 is 5.29. The molecule has 0 aromatic carbocycles. The number of carboxylic acid groups (broad SMARTS) is 1. The fourth-order valence-electron chi connectivity index (χ4n) is 2.88. The summed E-state index contributed by atoms with van der Waals surface area (Å²) in [5, 5.41) is 13.3. The number of hydrogen-bond acceptors (Lipinski definition) is 4. The Labute approximate surface area is 113 Å². The molecule has 1 N–H and O–H groups in total. The minimum atomic E-state index is -0.741. The van der Waals surface area contributed by atoms with E-state index in [0.717, 1.165) is 38.5 Å². The van der Waals surface area contributed by atoms with E-state index in [2.05, 4.69) is 24.0 Å². The number of aliphatic carboxylic acids is 1. The molecule has 0 spiro atoms. The molecule has 3 unspecified atom stereocenters. The Bertz CT molecular complexity index is 430. The SMILES string of the molecule is CCCCc1noc(C2CC(CC)CC2C(=O)O)n1. The van der Waals surface area contributed by atoms with Gasteiger partial charge in [0.15, 0.2) is 5.82 Å². The minimum absolute atomic E-state index is 0.106. The predicted octanol–water partition coefficient (Wildman–Crippen LogP) is 3.02. The van der Waals surface area contributed by atoms with Gasteiger partial charge < -0.3 is 9.63 Å². The molecule has 0 amide bonds. The summed E-state index contributed by atoms with van der Waals surface area (Å²) in [6.07, 6.45) is 5.51. The first-order valence-electron chi connectivity index (χ1n) is 7.20. The van der Waals surface area contributed by atoms with Crippen molar-refractivity contribution >= 4 is 5.97 Å². The van der Waals surface area contributed by atoms with Crippen molar-refractivity contribution < 1.29 is 14.4 Å². The number of unbranched alkanes of at least 4 members (excludes halogenated alkanes) is 1. The van der Waals surface area contributed by atoms with E-state index in [1.165, 1.54) is 0 Å². The molecule has 2 rings (SSSR count). The first kappa shape index (κ1) is 14.0. The standard InChI is InChI=1S/C14H22N2O3/c1-3-5-6-12-15-13(19-16-12)10-7-9(4-2)8-11(10)14(17)18/h9-11H,3-8H2,1-2H3,(H,17,18). The zero-order chi connectivity index (χ0) is 13.8. The highest BCUT2D eigenvalue weighted by molar-refractivity contribution is 5.71. The van der Waals surface area contributed by atoms with Crippen LogP contribution in [0.3, 0.4) is 0 Å². The normalized spacial score (nSPS) is 26.7. The van der Waals surface area contributed by atoms with Crippen LogP contribution < -0.4 is 0 Å². The summed E-state index contributed by atoms with van der Waals surface area (Å²) in [6.45, 7) is 4.22. The largest absolute Gasteiger partial charge is 0.481 e. The maximum atomic E-state index is 11.3. The lowest BCUT2D eigenvalue weighted by molar-refractivity contribution is -0.142. The second-order valence-electron chi connectivity index (χ2n) is 5.45. The van der Waals surface area contributed by atoms with Crippen molar-refractivity contribution in [3.8, 4) is 0 Å². The van der Waals surface area contributed by atoms with Crippen LogP contribution in [0.15, 0.2) is 4.52 Å². The van der Waals surface area contributed by atoms with Gasteiger partial charge in [-0.2, -0.15) is 4.98 Å². The van der Waals surface area contributed by atoms with Gasteiger partial charge in [-0.05, 0) is 25.2 Å². The molecule has 1 heterocycles. The average Bonchev–Trinajstić information content (AvgIpc) is 3.02. The molecule has 1 saturated carbocycles. The molecule has 1 aromatic rings. The van der Waals surface area contributed by atoms with E-state index in [4.69, 9.17) is 4.52 Å². The van der Waals surface area contributed by atoms with Crippen LogP contribution in [0.25, 0.3) is 0 Å².